The third-order valence-corrected chi connectivity index (χ3v) is 5.42. The fourth-order valence-electron chi connectivity index (χ4n) is 3.87. The van der Waals surface area contributed by atoms with Crippen molar-refractivity contribution in [1.29, 1.82) is 0 Å². The average molecular weight is 357 g/mol. The summed E-state index contributed by atoms with van der Waals surface area (Å²) in [5.41, 5.74) is 7.14. The second kappa shape index (κ2) is 6.93. The van der Waals surface area contributed by atoms with E-state index < -0.39 is 0 Å². The fraction of sp³-hybridized carbons (Fsp3) is 0.227. The lowest BCUT2D eigenvalue weighted by atomic mass is 9.99. The number of hydrogen-bond donors (Lipinski definition) is 2. The van der Waals surface area contributed by atoms with Crippen LogP contribution in [0.5, 0.6) is 0 Å². The molecule has 5 nitrogen and oxygen atoms in total. The van der Waals surface area contributed by atoms with E-state index >= 15 is 0 Å². The van der Waals surface area contributed by atoms with Crippen LogP contribution in [0.4, 0.5) is 0 Å². The van der Waals surface area contributed by atoms with Gasteiger partial charge in [-0.3, -0.25) is 9.91 Å². The molecule has 0 saturated carbocycles. The van der Waals surface area contributed by atoms with Crippen molar-refractivity contribution in [1.82, 2.24) is 20.4 Å². The van der Waals surface area contributed by atoms with Crippen LogP contribution in [0.1, 0.15) is 12.0 Å². The topological polar surface area (TPSA) is 46.7 Å². The largest absolute Gasteiger partial charge is 0.361 e. The van der Waals surface area contributed by atoms with E-state index in [4.69, 9.17) is 0 Å². The third-order valence-electron chi connectivity index (χ3n) is 5.42. The number of fused-ring (bicyclic) bond motifs is 2. The molecule has 2 N–H and O–H groups in total. The molecule has 2 aromatic carbocycles. The zero-order chi connectivity index (χ0) is 18.1. The van der Waals surface area contributed by atoms with Gasteiger partial charge in [-0.25, -0.2) is 5.53 Å². The number of nitrogens with one attached hydrogen (secondary N) is 2. The highest BCUT2D eigenvalue weighted by Gasteiger charge is 2.16. The van der Waals surface area contributed by atoms with Crippen LogP contribution < -0.4 is 16.1 Å². The average Bonchev–Trinajstić information content (AvgIpc) is 3.17. The molecule has 0 radical (unpaired) electrons. The summed E-state index contributed by atoms with van der Waals surface area (Å²) in [6.07, 6.45) is 7.76. The second-order valence-electron chi connectivity index (χ2n) is 7.12. The van der Waals surface area contributed by atoms with Crippen LogP contribution in [0.15, 0.2) is 65.9 Å². The number of H-pyrrole nitrogens is 1. The molecule has 136 valence electrons. The minimum absolute atomic E-state index is 0.911. The van der Waals surface area contributed by atoms with Gasteiger partial charge in [0.1, 0.15) is 0 Å². The molecule has 0 fully saturated rings. The Bertz CT molecular complexity index is 1110. The van der Waals surface area contributed by atoms with Crippen molar-refractivity contribution in [2.24, 2.45) is 5.10 Å². The van der Waals surface area contributed by atoms with Crippen molar-refractivity contribution >= 4 is 22.7 Å². The summed E-state index contributed by atoms with van der Waals surface area (Å²) in [4.78, 5) is 5.88. The van der Waals surface area contributed by atoms with E-state index in [1.165, 1.54) is 22.0 Å². The Balaban J connectivity index is 1.23. The lowest BCUT2D eigenvalue weighted by Gasteiger charge is -2.29. The van der Waals surface area contributed by atoms with E-state index in [1.807, 2.05) is 12.1 Å². The molecule has 0 aliphatic carbocycles. The maximum atomic E-state index is 4.42. The number of rotatable bonds is 4. The molecular weight excluding hydrogens is 334 g/mol. The molecule has 0 atom stereocenters. The van der Waals surface area contributed by atoms with Gasteiger partial charge in [0, 0.05) is 53.7 Å². The molecule has 0 bridgehead atoms. The molecule has 1 aromatic heterocycles. The van der Waals surface area contributed by atoms with Crippen molar-refractivity contribution in [3.8, 4) is 0 Å². The second-order valence-corrected chi connectivity index (χ2v) is 7.12. The number of aromatic amines is 1. The van der Waals surface area contributed by atoms with Crippen molar-refractivity contribution in [2.45, 2.75) is 6.42 Å². The van der Waals surface area contributed by atoms with E-state index in [0.29, 0.717) is 0 Å². The molecule has 0 spiro atoms. The minimum Gasteiger partial charge on any atom is -0.361 e. The minimum atomic E-state index is 0.911. The molecule has 3 aromatic rings. The first-order chi connectivity index (χ1) is 13.4. The zero-order valence-electron chi connectivity index (χ0n) is 15.2. The summed E-state index contributed by atoms with van der Waals surface area (Å²) in [6.45, 7) is 4.01. The molecule has 27 heavy (non-hydrogen) atoms. The normalized spacial score (nSPS) is 16.9. The van der Waals surface area contributed by atoms with Crippen LogP contribution in [0.3, 0.4) is 0 Å². The van der Waals surface area contributed by atoms with Gasteiger partial charge >= 0.3 is 0 Å². The summed E-state index contributed by atoms with van der Waals surface area (Å²) in [7, 11) is 0. The van der Waals surface area contributed by atoms with Crippen LogP contribution in [-0.4, -0.2) is 41.1 Å². The molecule has 5 rings (SSSR count). The zero-order valence-corrected chi connectivity index (χ0v) is 15.2. The summed E-state index contributed by atoms with van der Waals surface area (Å²) in [5, 5.41) is 9.98. The molecular formula is C22H23N5. The van der Waals surface area contributed by atoms with Gasteiger partial charge in [0.05, 0.1) is 11.9 Å². The van der Waals surface area contributed by atoms with Crippen LogP contribution in [-0.2, 0) is 0 Å². The van der Waals surface area contributed by atoms with E-state index in [2.05, 4.69) is 80.4 Å². The molecule has 0 unspecified atom stereocenters. The summed E-state index contributed by atoms with van der Waals surface area (Å²) in [6, 6.07) is 16.7. The van der Waals surface area contributed by atoms with Gasteiger partial charge in [-0.1, -0.05) is 42.5 Å². The lowest BCUT2D eigenvalue weighted by molar-refractivity contribution is 0.226. The maximum absolute atomic E-state index is 4.42. The maximum Gasteiger partial charge on any atom is 0.0937 e. The predicted octanol–water partition coefficient (Wildman–Crippen LogP) is 2.05. The summed E-state index contributed by atoms with van der Waals surface area (Å²) >= 11 is 0. The smallest absolute Gasteiger partial charge is 0.0937 e. The van der Waals surface area contributed by atoms with Gasteiger partial charge in [0.2, 0.25) is 0 Å². The van der Waals surface area contributed by atoms with Gasteiger partial charge in [-0.2, -0.15) is 5.10 Å². The lowest BCUT2D eigenvalue weighted by Crippen LogP contribution is -2.45. The van der Waals surface area contributed by atoms with Crippen molar-refractivity contribution in [3.63, 3.8) is 0 Å². The Morgan fingerprint density at radius 1 is 1.00 bits per heavy atom. The van der Waals surface area contributed by atoms with Crippen molar-refractivity contribution < 1.29 is 0 Å². The SMILES string of the molecule is C1=C(c2c[nH]c3ccccc23)CCN(CCN2C=c3ccccc3=NN2)C1. The highest BCUT2D eigenvalue weighted by molar-refractivity contribution is 5.92. The van der Waals surface area contributed by atoms with Crippen LogP contribution in [0.2, 0.25) is 0 Å². The fourth-order valence-corrected chi connectivity index (χ4v) is 3.87. The first-order valence-electron chi connectivity index (χ1n) is 9.52. The van der Waals surface area contributed by atoms with Gasteiger partial charge in [0.15, 0.2) is 0 Å². The van der Waals surface area contributed by atoms with Crippen LogP contribution >= 0.6 is 0 Å². The Labute approximate surface area is 158 Å². The Morgan fingerprint density at radius 2 is 1.89 bits per heavy atom. The van der Waals surface area contributed by atoms with Crippen LogP contribution in [0, 0.1) is 0 Å². The number of benzene rings is 2. The number of aromatic nitrogens is 1. The molecule has 3 heterocycles. The highest BCUT2D eigenvalue weighted by Crippen LogP contribution is 2.28. The molecule has 0 saturated heterocycles. The van der Waals surface area contributed by atoms with Gasteiger partial charge < -0.3 is 4.98 Å². The number of para-hydroxylation sites is 2. The van der Waals surface area contributed by atoms with E-state index in [-0.39, 0.29) is 0 Å². The number of hydrogen-bond acceptors (Lipinski definition) is 4. The Hall–Kier alpha value is -3.05. The summed E-state index contributed by atoms with van der Waals surface area (Å²) in [5.74, 6) is 0. The van der Waals surface area contributed by atoms with Gasteiger partial charge in [-0.15, -0.1) is 0 Å². The van der Waals surface area contributed by atoms with E-state index in [9.17, 15) is 0 Å². The standard InChI is InChI=1S/C22H23N5/c1-3-7-21-18(5-1)16-27(25-24-21)14-13-26-11-9-17(10-12-26)20-15-23-22-8-4-2-6-19(20)22/h1-9,15-16,23,25H,10-14H2. The van der Waals surface area contributed by atoms with E-state index in [0.717, 1.165) is 43.2 Å². The number of hydrazine groups is 1. The molecule has 2 aliphatic rings. The van der Waals surface area contributed by atoms with Crippen molar-refractivity contribution in [3.05, 3.63) is 76.9 Å². The summed E-state index contributed by atoms with van der Waals surface area (Å²) < 4.78 is 0. The molecule has 5 heteroatoms. The van der Waals surface area contributed by atoms with Gasteiger partial charge in [-0.05, 0) is 24.1 Å². The first-order valence-corrected chi connectivity index (χ1v) is 9.52. The van der Waals surface area contributed by atoms with E-state index in [1.54, 1.807) is 0 Å². The van der Waals surface area contributed by atoms with Crippen molar-refractivity contribution in [2.75, 3.05) is 26.2 Å². The van der Waals surface area contributed by atoms with Gasteiger partial charge in [0.25, 0.3) is 0 Å². The monoisotopic (exact) mass is 357 g/mol. The Kier molecular flexibility index (Phi) is 4.14. The molecule has 2 aliphatic heterocycles. The number of nitrogens with zero attached hydrogens (tertiary/aromatic N) is 3. The highest BCUT2D eigenvalue weighted by atomic mass is 15.7. The predicted molar refractivity (Wildman–Crippen MR) is 109 cm³/mol. The first kappa shape index (κ1) is 16.1. The quantitative estimate of drug-likeness (QED) is 0.751. The van der Waals surface area contributed by atoms with Crippen LogP contribution in [0.25, 0.3) is 22.7 Å². The Morgan fingerprint density at radius 3 is 2.81 bits per heavy atom. The third kappa shape index (κ3) is 3.22. The molecule has 0 amide bonds.